The smallest absolute Gasteiger partial charge is 0.315 e. The number of rotatable bonds is 7. The molecule has 0 aliphatic heterocycles. The number of benzene rings is 1. The number of ether oxygens (including phenoxy) is 2. The summed E-state index contributed by atoms with van der Waals surface area (Å²) >= 11 is 0. The van der Waals surface area contributed by atoms with Gasteiger partial charge < -0.3 is 20.1 Å². The van der Waals surface area contributed by atoms with E-state index in [-0.39, 0.29) is 11.6 Å². The molecule has 0 atom stereocenters. The Morgan fingerprint density at radius 2 is 1.96 bits per heavy atom. The molecule has 0 spiro atoms. The lowest BCUT2D eigenvalue weighted by molar-refractivity contribution is 0.236. The maximum Gasteiger partial charge on any atom is 0.315 e. The van der Waals surface area contributed by atoms with Gasteiger partial charge in [-0.25, -0.2) is 4.79 Å². The lowest BCUT2D eigenvalue weighted by atomic mass is 9.97. The Balaban J connectivity index is 1.54. The summed E-state index contributed by atoms with van der Waals surface area (Å²) in [4.78, 5) is 12.3. The molecule has 0 heterocycles. The molecule has 3 rings (SSSR count). The van der Waals surface area contributed by atoms with Crippen molar-refractivity contribution in [1.82, 2.24) is 10.6 Å². The van der Waals surface area contributed by atoms with Crippen molar-refractivity contribution < 1.29 is 14.3 Å². The number of carbonyl (C=O) groups is 1. The van der Waals surface area contributed by atoms with Crippen LogP contribution in [0.5, 0.6) is 11.5 Å². The molecule has 5 heteroatoms. The van der Waals surface area contributed by atoms with E-state index in [4.69, 9.17) is 9.47 Å². The minimum Gasteiger partial charge on any atom is -0.493 e. The van der Waals surface area contributed by atoms with Crippen LogP contribution in [0.4, 0.5) is 4.79 Å². The number of hydrogen-bond donors (Lipinski definition) is 2. The molecule has 136 valence electrons. The van der Waals surface area contributed by atoms with Crippen molar-refractivity contribution in [3.8, 4) is 11.5 Å². The van der Waals surface area contributed by atoms with Gasteiger partial charge in [-0.1, -0.05) is 17.7 Å². The number of carbonyl (C=O) groups excluding carboxylic acids is 1. The van der Waals surface area contributed by atoms with Gasteiger partial charge in [-0.3, -0.25) is 0 Å². The summed E-state index contributed by atoms with van der Waals surface area (Å²) in [5, 5.41) is 6.14. The van der Waals surface area contributed by atoms with Crippen molar-refractivity contribution in [2.45, 2.75) is 50.5 Å². The van der Waals surface area contributed by atoms with E-state index in [1.54, 1.807) is 14.2 Å². The van der Waals surface area contributed by atoms with Crippen LogP contribution in [-0.4, -0.2) is 26.8 Å². The molecule has 0 bridgehead atoms. The van der Waals surface area contributed by atoms with E-state index < -0.39 is 0 Å². The highest BCUT2D eigenvalue weighted by Gasteiger charge is 2.46. The van der Waals surface area contributed by atoms with Crippen molar-refractivity contribution in [1.29, 1.82) is 0 Å². The Hall–Kier alpha value is -2.17. The maximum atomic E-state index is 12.3. The second-order valence-electron chi connectivity index (χ2n) is 6.89. The molecule has 25 heavy (non-hydrogen) atoms. The van der Waals surface area contributed by atoms with Crippen LogP contribution in [-0.2, 0) is 5.54 Å². The molecular formula is C20H28N2O3. The fourth-order valence-corrected chi connectivity index (χ4v) is 3.47. The fraction of sp³-hybridized carbons (Fsp3) is 0.550. The van der Waals surface area contributed by atoms with Crippen molar-refractivity contribution in [3.63, 3.8) is 0 Å². The Kier molecular flexibility index (Phi) is 5.51. The molecule has 1 aromatic carbocycles. The van der Waals surface area contributed by atoms with Gasteiger partial charge in [0.05, 0.1) is 19.8 Å². The zero-order chi connectivity index (χ0) is 17.7. The van der Waals surface area contributed by atoms with E-state index in [2.05, 4.69) is 16.7 Å². The normalized spacial score (nSPS) is 18.1. The number of amides is 2. The minimum atomic E-state index is -0.270. The van der Waals surface area contributed by atoms with E-state index in [1.807, 2.05) is 18.2 Å². The van der Waals surface area contributed by atoms with Crippen molar-refractivity contribution in [3.05, 3.63) is 35.4 Å². The summed E-state index contributed by atoms with van der Waals surface area (Å²) in [6, 6.07) is 5.76. The van der Waals surface area contributed by atoms with Gasteiger partial charge in [-0.2, -0.15) is 0 Å². The average molecular weight is 344 g/mol. The number of urea groups is 1. The first kappa shape index (κ1) is 17.6. The van der Waals surface area contributed by atoms with Gasteiger partial charge in [-0.15, -0.1) is 0 Å². The van der Waals surface area contributed by atoms with Gasteiger partial charge >= 0.3 is 6.03 Å². The topological polar surface area (TPSA) is 59.6 Å². The quantitative estimate of drug-likeness (QED) is 0.738. The molecule has 2 aliphatic rings. The molecule has 0 unspecified atom stereocenters. The molecule has 0 aromatic heterocycles. The number of nitrogens with one attached hydrogen (secondary N) is 2. The highest BCUT2D eigenvalue weighted by molar-refractivity contribution is 5.75. The van der Waals surface area contributed by atoms with Gasteiger partial charge in [0, 0.05) is 6.54 Å². The third-order valence-electron chi connectivity index (χ3n) is 5.16. The Morgan fingerprint density at radius 3 is 2.60 bits per heavy atom. The summed E-state index contributed by atoms with van der Waals surface area (Å²) in [6.07, 6.45) is 10.1. The largest absolute Gasteiger partial charge is 0.493 e. The molecule has 1 aromatic rings. The molecule has 1 fully saturated rings. The maximum absolute atomic E-state index is 12.3. The van der Waals surface area contributed by atoms with Crippen LogP contribution in [0, 0.1) is 0 Å². The minimum absolute atomic E-state index is 0.0938. The molecule has 2 N–H and O–H groups in total. The first-order valence-corrected chi connectivity index (χ1v) is 9.13. The molecule has 2 aliphatic carbocycles. The lowest BCUT2D eigenvalue weighted by Crippen LogP contribution is -2.42. The second kappa shape index (κ2) is 7.81. The molecular weight excluding hydrogens is 316 g/mol. The van der Waals surface area contributed by atoms with Crippen molar-refractivity contribution in [2.75, 3.05) is 20.8 Å². The summed E-state index contributed by atoms with van der Waals surface area (Å²) in [5.41, 5.74) is 2.27. The van der Waals surface area contributed by atoms with E-state index >= 15 is 0 Å². The number of allylic oxidation sites excluding steroid dienone is 1. The third kappa shape index (κ3) is 4.27. The Labute approximate surface area is 149 Å². The molecule has 0 radical (unpaired) electrons. The fourth-order valence-electron chi connectivity index (χ4n) is 3.47. The first-order chi connectivity index (χ1) is 12.2. The van der Waals surface area contributed by atoms with Crippen molar-refractivity contribution in [2.24, 2.45) is 0 Å². The van der Waals surface area contributed by atoms with Crippen molar-refractivity contribution >= 4 is 6.03 Å². The number of methoxy groups -OCH3 is 2. The first-order valence-electron chi connectivity index (χ1n) is 9.13. The summed E-state index contributed by atoms with van der Waals surface area (Å²) in [7, 11) is 3.25. The van der Waals surface area contributed by atoms with Crippen LogP contribution < -0.4 is 20.1 Å². The van der Waals surface area contributed by atoms with Crippen LogP contribution in [0.3, 0.4) is 0 Å². The lowest BCUT2D eigenvalue weighted by Gasteiger charge is -2.20. The second-order valence-corrected chi connectivity index (χ2v) is 6.89. The SMILES string of the molecule is COc1ccc(C2(NC(=O)NCCC3=CCCCC3)CC2)cc1OC. The molecule has 5 nitrogen and oxygen atoms in total. The predicted octanol–water partition coefficient (Wildman–Crippen LogP) is 3.88. The van der Waals surface area contributed by atoms with Crippen LogP contribution in [0.1, 0.15) is 50.5 Å². The summed E-state index contributed by atoms with van der Waals surface area (Å²) in [6.45, 7) is 0.694. The van der Waals surface area contributed by atoms with E-state index in [9.17, 15) is 4.79 Å². The van der Waals surface area contributed by atoms with Crippen LogP contribution in [0.15, 0.2) is 29.8 Å². The standard InChI is InChI=1S/C20H28N2O3/c1-24-17-9-8-16(14-18(17)25-2)20(11-12-20)22-19(23)21-13-10-15-6-4-3-5-7-15/h6,8-9,14H,3-5,7,10-13H2,1-2H3,(H2,21,22,23). The molecule has 1 saturated carbocycles. The van der Waals surface area contributed by atoms with Gasteiger partial charge in [0.2, 0.25) is 0 Å². The van der Waals surface area contributed by atoms with E-state index in [0.29, 0.717) is 18.0 Å². The van der Waals surface area contributed by atoms with Gasteiger partial charge in [0.15, 0.2) is 11.5 Å². The zero-order valence-corrected chi connectivity index (χ0v) is 15.2. The van der Waals surface area contributed by atoms with E-state index in [0.717, 1.165) is 24.8 Å². The Morgan fingerprint density at radius 1 is 1.16 bits per heavy atom. The predicted molar refractivity (Wildman–Crippen MR) is 98.2 cm³/mol. The van der Waals surface area contributed by atoms with Gasteiger partial charge in [-0.05, 0) is 62.6 Å². The highest BCUT2D eigenvalue weighted by Crippen LogP contribution is 2.47. The summed E-state index contributed by atoms with van der Waals surface area (Å²) in [5.74, 6) is 1.39. The third-order valence-corrected chi connectivity index (χ3v) is 5.16. The monoisotopic (exact) mass is 344 g/mol. The van der Waals surface area contributed by atoms with Gasteiger partial charge in [0.1, 0.15) is 0 Å². The molecule has 0 saturated heterocycles. The van der Waals surface area contributed by atoms with Gasteiger partial charge in [0.25, 0.3) is 0 Å². The summed E-state index contributed by atoms with van der Waals surface area (Å²) < 4.78 is 10.7. The van der Waals surface area contributed by atoms with Crippen LogP contribution in [0.2, 0.25) is 0 Å². The van der Waals surface area contributed by atoms with E-state index in [1.165, 1.54) is 31.3 Å². The number of hydrogen-bond acceptors (Lipinski definition) is 3. The highest BCUT2D eigenvalue weighted by atomic mass is 16.5. The average Bonchev–Trinajstić information content (AvgIpc) is 3.42. The zero-order valence-electron chi connectivity index (χ0n) is 15.2. The van der Waals surface area contributed by atoms with Crippen LogP contribution >= 0.6 is 0 Å². The van der Waals surface area contributed by atoms with Crippen LogP contribution in [0.25, 0.3) is 0 Å². The molecule has 2 amide bonds. The Bertz CT molecular complexity index is 650.